The lowest BCUT2D eigenvalue weighted by Crippen LogP contribution is -2.14. The van der Waals surface area contributed by atoms with Crippen molar-refractivity contribution in [1.29, 1.82) is 0 Å². The molecule has 21 heavy (non-hydrogen) atoms. The molecule has 0 aliphatic heterocycles. The first kappa shape index (κ1) is 13.8. The van der Waals surface area contributed by atoms with Crippen molar-refractivity contribution in [2.45, 2.75) is 19.8 Å². The zero-order valence-electron chi connectivity index (χ0n) is 11.6. The Labute approximate surface area is 126 Å². The number of carbonyl (C=O) groups excluding carboxylic acids is 2. The summed E-state index contributed by atoms with van der Waals surface area (Å²) in [5, 5.41) is 8.06. The maximum Gasteiger partial charge on any atom is 0.257 e. The summed E-state index contributed by atoms with van der Waals surface area (Å²) in [7, 11) is 0. The molecule has 1 aliphatic carbocycles. The van der Waals surface area contributed by atoms with Crippen LogP contribution in [0.2, 0.25) is 0 Å². The highest BCUT2D eigenvalue weighted by molar-refractivity contribution is 7.13. The molecule has 1 heterocycles. The predicted octanol–water partition coefficient (Wildman–Crippen LogP) is 3.05. The van der Waals surface area contributed by atoms with Crippen molar-refractivity contribution in [2.75, 3.05) is 10.6 Å². The highest BCUT2D eigenvalue weighted by Crippen LogP contribution is 2.30. The van der Waals surface area contributed by atoms with E-state index in [-0.39, 0.29) is 17.7 Å². The van der Waals surface area contributed by atoms with Gasteiger partial charge in [0.05, 0.1) is 5.69 Å². The molecule has 108 valence electrons. The zero-order valence-corrected chi connectivity index (χ0v) is 12.4. The van der Waals surface area contributed by atoms with Crippen LogP contribution in [0.25, 0.3) is 0 Å². The van der Waals surface area contributed by atoms with E-state index < -0.39 is 0 Å². The van der Waals surface area contributed by atoms with Crippen molar-refractivity contribution in [3.63, 3.8) is 0 Å². The first-order valence-corrected chi connectivity index (χ1v) is 7.64. The van der Waals surface area contributed by atoms with Gasteiger partial charge in [0.1, 0.15) is 0 Å². The van der Waals surface area contributed by atoms with Crippen molar-refractivity contribution in [3.05, 3.63) is 40.9 Å². The molecule has 2 aromatic rings. The molecule has 1 aromatic heterocycles. The molecule has 0 spiro atoms. The van der Waals surface area contributed by atoms with E-state index in [0.717, 1.165) is 18.5 Å². The zero-order chi connectivity index (χ0) is 14.8. The Hall–Kier alpha value is -2.21. The average Bonchev–Trinajstić information content (AvgIpc) is 3.24. The molecule has 1 saturated carbocycles. The van der Waals surface area contributed by atoms with Crippen molar-refractivity contribution in [2.24, 2.45) is 5.92 Å². The lowest BCUT2D eigenvalue weighted by atomic mass is 10.2. The van der Waals surface area contributed by atoms with Crippen LogP contribution >= 0.6 is 11.3 Å². The second-order valence-corrected chi connectivity index (χ2v) is 5.95. The molecule has 0 unspecified atom stereocenters. The first-order valence-electron chi connectivity index (χ1n) is 6.76. The molecule has 2 amide bonds. The number of hydrogen-bond donors (Lipinski definition) is 2. The van der Waals surface area contributed by atoms with Crippen LogP contribution < -0.4 is 10.6 Å². The van der Waals surface area contributed by atoms with E-state index in [2.05, 4.69) is 15.6 Å². The predicted molar refractivity (Wildman–Crippen MR) is 82.6 cm³/mol. The van der Waals surface area contributed by atoms with Crippen LogP contribution in [0.1, 0.15) is 28.9 Å². The van der Waals surface area contributed by atoms with Gasteiger partial charge in [-0.2, -0.15) is 0 Å². The minimum atomic E-state index is -0.204. The summed E-state index contributed by atoms with van der Waals surface area (Å²) in [5.74, 6) is 0.0241. The Morgan fingerprint density at radius 1 is 1.19 bits per heavy atom. The van der Waals surface area contributed by atoms with Crippen LogP contribution in [0, 0.1) is 12.8 Å². The molecule has 6 heteroatoms. The highest BCUT2D eigenvalue weighted by atomic mass is 32.1. The van der Waals surface area contributed by atoms with Crippen LogP contribution in [-0.4, -0.2) is 16.8 Å². The number of carbonyl (C=O) groups is 2. The fourth-order valence-electron chi connectivity index (χ4n) is 1.88. The lowest BCUT2D eigenvalue weighted by Gasteiger charge is -2.06. The van der Waals surface area contributed by atoms with Gasteiger partial charge in [0, 0.05) is 22.5 Å². The van der Waals surface area contributed by atoms with E-state index in [4.69, 9.17) is 0 Å². The van der Waals surface area contributed by atoms with E-state index in [1.807, 2.05) is 12.3 Å². The minimum Gasteiger partial charge on any atom is -0.326 e. The summed E-state index contributed by atoms with van der Waals surface area (Å²) in [6, 6.07) is 6.86. The lowest BCUT2D eigenvalue weighted by molar-refractivity contribution is -0.117. The van der Waals surface area contributed by atoms with Gasteiger partial charge in [0.2, 0.25) is 5.91 Å². The summed E-state index contributed by atoms with van der Waals surface area (Å²) in [4.78, 5) is 27.9. The molecular weight excluding hydrogens is 286 g/mol. The van der Waals surface area contributed by atoms with E-state index in [1.165, 1.54) is 11.3 Å². The van der Waals surface area contributed by atoms with Crippen LogP contribution in [0.15, 0.2) is 29.6 Å². The number of amides is 2. The van der Waals surface area contributed by atoms with Crippen LogP contribution in [0.5, 0.6) is 0 Å². The van der Waals surface area contributed by atoms with Gasteiger partial charge in [-0.25, -0.2) is 4.98 Å². The maximum absolute atomic E-state index is 12.0. The van der Waals surface area contributed by atoms with Gasteiger partial charge in [-0.15, -0.1) is 11.3 Å². The van der Waals surface area contributed by atoms with Crippen molar-refractivity contribution in [1.82, 2.24) is 4.98 Å². The molecule has 0 saturated heterocycles. The molecule has 1 aliphatic rings. The number of rotatable bonds is 4. The fraction of sp³-hybridized carbons (Fsp3) is 0.267. The molecule has 0 bridgehead atoms. The maximum atomic E-state index is 12.0. The smallest absolute Gasteiger partial charge is 0.257 e. The second-order valence-electron chi connectivity index (χ2n) is 5.09. The molecule has 0 radical (unpaired) electrons. The summed E-state index contributed by atoms with van der Waals surface area (Å²) in [5.41, 5.74) is 2.13. The Bertz CT molecular complexity index is 674. The van der Waals surface area contributed by atoms with Gasteiger partial charge < -0.3 is 5.32 Å². The Morgan fingerprint density at radius 2 is 1.90 bits per heavy atom. The van der Waals surface area contributed by atoms with Crippen molar-refractivity contribution >= 4 is 34.0 Å². The number of anilines is 2. The van der Waals surface area contributed by atoms with Crippen molar-refractivity contribution in [3.8, 4) is 0 Å². The normalized spacial score (nSPS) is 13.8. The van der Waals surface area contributed by atoms with E-state index >= 15 is 0 Å². The minimum absolute atomic E-state index is 0.0606. The number of nitrogens with zero attached hydrogens (tertiary/aromatic N) is 1. The van der Waals surface area contributed by atoms with Gasteiger partial charge in [-0.1, -0.05) is 0 Å². The molecular formula is C15H15N3O2S. The van der Waals surface area contributed by atoms with Crippen LogP contribution in [0.4, 0.5) is 10.8 Å². The fourth-order valence-corrected chi connectivity index (χ4v) is 2.56. The number of thiazole rings is 1. The molecule has 1 fully saturated rings. The standard InChI is InChI=1S/C15H15N3O2S/c1-9-8-21-15(16-9)18-14(20)11-4-6-12(7-5-11)17-13(19)10-2-3-10/h4-8,10H,2-3H2,1H3,(H,17,19)(H,16,18,20). The summed E-state index contributed by atoms with van der Waals surface area (Å²) in [6.45, 7) is 1.88. The summed E-state index contributed by atoms with van der Waals surface area (Å²) >= 11 is 1.39. The summed E-state index contributed by atoms with van der Waals surface area (Å²) in [6.07, 6.45) is 1.94. The quantitative estimate of drug-likeness (QED) is 0.911. The molecule has 1 aromatic carbocycles. The number of nitrogens with one attached hydrogen (secondary N) is 2. The molecule has 5 nitrogen and oxygen atoms in total. The number of benzene rings is 1. The molecule has 3 rings (SSSR count). The summed E-state index contributed by atoms with van der Waals surface area (Å²) < 4.78 is 0. The third kappa shape index (κ3) is 3.46. The highest BCUT2D eigenvalue weighted by Gasteiger charge is 2.29. The number of aromatic nitrogens is 1. The van der Waals surface area contributed by atoms with Crippen LogP contribution in [0.3, 0.4) is 0 Å². The third-order valence-corrected chi connectivity index (χ3v) is 4.08. The second kappa shape index (κ2) is 5.65. The SMILES string of the molecule is Cc1csc(NC(=O)c2ccc(NC(=O)C3CC3)cc2)n1. The Balaban J connectivity index is 1.62. The van der Waals surface area contributed by atoms with Gasteiger partial charge in [-0.05, 0) is 44.0 Å². The number of aryl methyl sites for hydroxylation is 1. The van der Waals surface area contributed by atoms with E-state index in [9.17, 15) is 9.59 Å². The van der Waals surface area contributed by atoms with Gasteiger partial charge >= 0.3 is 0 Å². The Kier molecular flexibility index (Phi) is 3.70. The van der Waals surface area contributed by atoms with Gasteiger partial charge in [-0.3, -0.25) is 14.9 Å². The largest absolute Gasteiger partial charge is 0.326 e. The monoisotopic (exact) mass is 301 g/mol. The van der Waals surface area contributed by atoms with Crippen molar-refractivity contribution < 1.29 is 9.59 Å². The van der Waals surface area contributed by atoms with Crippen LogP contribution in [-0.2, 0) is 4.79 Å². The topological polar surface area (TPSA) is 71.1 Å². The van der Waals surface area contributed by atoms with E-state index in [1.54, 1.807) is 24.3 Å². The van der Waals surface area contributed by atoms with E-state index in [0.29, 0.717) is 16.4 Å². The Morgan fingerprint density at radius 3 is 2.48 bits per heavy atom. The van der Waals surface area contributed by atoms with Gasteiger partial charge in [0.25, 0.3) is 5.91 Å². The van der Waals surface area contributed by atoms with Gasteiger partial charge in [0.15, 0.2) is 5.13 Å². The average molecular weight is 301 g/mol. The first-order chi connectivity index (χ1) is 10.1. The molecule has 2 N–H and O–H groups in total. The number of hydrogen-bond acceptors (Lipinski definition) is 4. The third-order valence-electron chi connectivity index (χ3n) is 3.20. The molecule has 0 atom stereocenters.